The van der Waals surface area contributed by atoms with E-state index in [1.165, 1.54) is 16.3 Å². The maximum Gasteiger partial charge on any atom is 0.242 e. The molecule has 1 saturated heterocycles. The highest BCUT2D eigenvalue weighted by atomic mass is 16.2. The molecular formula is C21H24N2O2. The number of rotatable bonds is 5. The summed E-state index contributed by atoms with van der Waals surface area (Å²) >= 11 is 0. The molecule has 0 radical (unpaired) electrons. The molecule has 1 N–H and O–H groups in total. The monoisotopic (exact) mass is 336 g/mol. The van der Waals surface area contributed by atoms with Crippen molar-refractivity contribution in [2.75, 3.05) is 13.1 Å². The minimum absolute atomic E-state index is 0.0400. The maximum atomic E-state index is 12.6. The lowest BCUT2D eigenvalue weighted by Gasteiger charge is -2.25. The Labute approximate surface area is 148 Å². The number of nitrogens with zero attached hydrogens (tertiary/aromatic N) is 1. The molecule has 25 heavy (non-hydrogen) atoms. The van der Waals surface area contributed by atoms with E-state index >= 15 is 0 Å². The number of nitrogens with one attached hydrogen (secondary N) is 1. The molecule has 4 rings (SSSR count). The van der Waals surface area contributed by atoms with Crippen LogP contribution in [-0.4, -0.2) is 35.8 Å². The van der Waals surface area contributed by atoms with Gasteiger partial charge in [-0.05, 0) is 48.4 Å². The van der Waals surface area contributed by atoms with E-state index in [9.17, 15) is 9.59 Å². The van der Waals surface area contributed by atoms with Crippen LogP contribution in [0.1, 0.15) is 31.2 Å². The van der Waals surface area contributed by atoms with Gasteiger partial charge in [-0.1, -0.05) is 42.5 Å². The summed E-state index contributed by atoms with van der Waals surface area (Å²) in [5, 5.41) is 5.32. The summed E-state index contributed by atoms with van der Waals surface area (Å²) in [7, 11) is 0. The zero-order valence-corrected chi connectivity index (χ0v) is 14.4. The normalized spacial score (nSPS) is 20.0. The summed E-state index contributed by atoms with van der Waals surface area (Å²) < 4.78 is 0. The van der Waals surface area contributed by atoms with Crippen LogP contribution in [0.15, 0.2) is 42.5 Å². The van der Waals surface area contributed by atoms with Crippen LogP contribution in [0.5, 0.6) is 0 Å². The van der Waals surface area contributed by atoms with Crippen LogP contribution in [0, 0.1) is 5.92 Å². The molecule has 1 aliphatic heterocycles. The second-order valence-electron chi connectivity index (χ2n) is 7.22. The van der Waals surface area contributed by atoms with E-state index in [1.807, 2.05) is 4.90 Å². The Bertz CT molecular complexity index is 792. The van der Waals surface area contributed by atoms with Crippen LogP contribution in [0.25, 0.3) is 10.8 Å². The molecule has 4 nitrogen and oxygen atoms in total. The van der Waals surface area contributed by atoms with Crippen molar-refractivity contribution in [1.29, 1.82) is 0 Å². The summed E-state index contributed by atoms with van der Waals surface area (Å²) in [4.78, 5) is 26.3. The standard InChI is InChI=1S/C21H24N2O2/c24-20(14-22-21(25)16-10-11-16)23-12-4-8-18(23)13-17-7-3-6-15-5-1-2-9-19(15)17/h1-3,5-7,9,16,18H,4,8,10-14H2,(H,22,25)/t18-/m0/s1. The first-order valence-electron chi connectivity index (χ1n) is 9.26. The average Bonchev–Trinajstić information content (AvgIpc) is 3.39. The van der Waals surface area contributed by atoms with E-state index in [2.05, 4.69) is 47.8 Å². The van der Waals surface area contributed by atoms with E-state index < -0.39 is 0 Å². The molecule has 0 bridgehead atoms. The third-order valence-electron chi connectivity index (χ3n) is 5.39. The summed E-state index contributed by atoms with van der Waals surface area (Å²) in [6, 6.07) is 15.0. The molecular weight excluding hydrogens is 312 g/mol. The Kier molecular flexibility index (Phi) is 4.43. The number of hydrogen-bond acceptors (Lipinski definition) is 2. The van der Waals surface area contributed by atoms with Gasteiger partial charge in [-0.25, -0.2) is 0 Å². The molecule has 4 heteroatoms. The lowest BCUT2D eigenvalue weighted by molar-refractivity contribution is -0.133. The number of fused-ring (bicyclic) bond motifs is 1. The van der Waals surface area contributed by atoms with Gasteiger partial charge >= 0.3 is 0 Å². The van der Waals surface area contributed by atoms with Crippen LogP contribution in [0.2, 0.25) is 0 Å². The van der Waals surface area contributed by atoms with Crippen LogP contribution in [0.3, 0.4) is 0 Å². The zero-order valence-electron chi connectivity index (χ0n) is 14.4. The Balaban J connectivity index is 1.43. The van der Waals surface area contributed by atoms with Gasteiger partial charge in [0, 0.05) is 18.5 Å². The fourth-order valence-electron chi connectivity index (χ4n) is 3.85. The minimum Gasteiger partial charge on any atom is -0.347 e. The second kappa shape index (κ2) is 6.87. The van der Waals surface area contributed by atoms with Crippen molar-refractivity contribution < 1.29 is 9.59 Å². The summed E-state index contributed by atoms with van der Waals surface area (Å²) in [5.74, 6) is 0.243. The van der Waals surface area contributed by atoms with Gasteiger partial charge in [0.25, 0.3) is 0 Å². The molecule has 0 aromatic heterocycles. The van der Waals surface area contributed by atoms with Gasteiger partial charge in [-0.2, -0.15) is 0 Å². The van der Waals surface area contributed by atoms with E-state index in [-0.39, 0.29) is 30.3 Å². The van der Waals surface area contributed by atoms with E-state index in [1.54, 1.807) is 0 Å². The molecule has 2 amide bonds. The predicted octanol–water partition coefficient (Wildman–Crippen LogP) is 2.90. The summed E-state index contributed by atoms with van der Waals surface area (Å²) in [6.07, 6.45) is 4.88. The largest absolute Gasteiger partial charge is 0.347 e. The third-order valence-corrected chi connectivity index (χ3v) is 5.39. The zero-order chi connectivity index (χ0) is 17.2. The highest BCUT2D eigenvalue weighted by Gasteiger charge is 2.32. The molecule has 1 heterocycles. The molecule has 0 unspecified atom stereocenters. The number of carbonyl (C=O) groups excluding carboxylic acids is 2. The SMILES string of the molecule is O=C(NCC(=O)N1CCC[C@H]1Cc1cccc2ccccc12)C1CC1. The van der Waals surface area contributed by atoms with Crippen LogP contribution in [-0.2, 0) is 16.0 Å². The first kappa shape index (κ1) is 16.1. The highest BCUT2D eigenvalue weighted by Crippen LogP contribution is 2.29. The van der Waals surface area contributed by atoms with Gasteiger partial charge in [-0.15, -0.1) is 0 Å². The molecule has 2 aliphatic rings. The number of amides is 2. The van der Waals surface area contributed by atoms with Gasteiger partial charge in [0.1, 0.15) is 0 Å². The molecule has 2 fully saturated rings. The molecule has 2 aromatic carbocycles. The van der Waals surface area contributed by atoms with Crippen molar-refractivity contribution in [3.05, 3.63) is 48.0 Å². The van der Waals surface area contributed by atoms with Crippen molar-refractivity contribution in [3.63, 3.8) is 0 Å². The third kappa shape index (κ3) is 3.53. The van der Waals surface area contributed by atoms with Gasteiger partial charge in [-0.3, -0.25) is 9.59 Å². The summed E-state index contributed by atoms with van der Waals surface area (Å²) in [5.41, 5.74) is 1.30. The number of likely N-dealkylation sites (tertiary alicyclic amines) is 1. The van der Waals surface area contributed by atoms with Crippen molar-refractivity contribution in [2.24, 2.45) is 5.92 Å². The number of benzene rings is 2. The van der Waals surface area contributed by atoms with Gasteiger partial charge < -0.3 is 10.2 Å². The second-order valence-corrected chi connectivity index (χ2v) is 7.22. The van der Waals surface area contributed by atoms with Crippen LogP contribution in [0.4, 0.5) is 0 Å². The molecule has 130 valence electrons. The van der Waals surface area contributed by atoms with E-state index in [0.29, 0.717) is 0 Å². The lowest BCUT2D eigenvalue weighted by Crippen LogP contribution is -2.43. The van der Waals surface area contributed by atoms with Gasteiger partial charge in [0.2, 0.25) is 11.8 Å². The first-order chi connectivity index (χ1) is 12.2. The van der Waals surface area contributed by atoms with Gasteiger partial charge in [0.05, 0.1) is 6.54 Å². The van der Waals surface area contributed by atoms with Crippen molar-refractivity contribution in [2.45, 2.75) is 38.1 Å². The molecule has 1 aliphatic carbocycles. The molecule has 2 aromatic rings. The minimum atomic E-state index is 0.0400. The maximum absolute atomic E-state index is 12.6. The topological polar surface area (TPSA) is 49.4 Å². The average molecular weight is 336 g/mol. The van der Waals surface area contributed by atoms with Crippen molar-refractivity contribution in [1.82, 2.24) is 10.2 Å². The Morgan fingerprint density at radius 3 is 2.68 bits per heavy atom. The van der Waals surface area contributed by atoms with Crippen LogP contribution >= 0.6 is 0 Å². The Morgan fingerprint density at radius 1 is 1.04 bits per heavy atom. The number of carbonyl (C=O) groups is 2. The highest BCUT2D eigenvalue weighted by molar-refractivity contribution is 5.88. The van der Waals surface area contributed by atoms with E-state index in [0.717, 1.165) is 38.6 Å². The molecule has 1 saturated carbocycles. The van der Waals surface area contributed by atoms with Crippen molar-refractivity contribution in [3.8, 4) is 0 Å². The quantitative estimate of drug-likeness (QED) is 0.913. The fourth-order valence-corrected chi connectivity index (χ4v) is 3.85. The van der Waals surface area contributed by atoms with Gasteiger partial charge in [0.15, 0.2) is 0 Å². The Morgan fingerprint density at radius 2 is 1.84 bits per heavy atom. The van der Waals surface area contributed by atoms with Crippen molar-refractivity contribution >= 4 is 22.6 Å². The van der Waals surface area contributed by atoms with E-state index in [4.69, 9.17) is 0 Å². The molecule has 1 atom stereocenters. The lowest BCUT2D eigenvalue weighted by atomic mass is 9.97. The number of hydrogen-bond donors (Lipinski definition) is 1. The Hall–Kier alpha value is -2.36. The van der Waals surface area contributed by atoms with Crippen LogP contribution < -0.4 is 5.32 Å². The molecule has 0 spiro atoms. The smallest absolute Gasteiger partial charge is 0.242 e. The fraction of sp³-hybridized carbons (Fsp3) is 0.429. The first-order valence-corrected chi connectivity index (χ1v) is 9.26. The predicted molar refractivity (Wildman–Crippen MR) is 98.1 cm³/mol. The summed E-state index contributed by atoms with van der Waals surface area (Å²) in [6.45, 7) is 0.939.